The Kier molecular flexibility index (Phi) is 4.09. The van der Waals surface area contributed by atoms with Crippen molar-refractivity contribution in [2.24, 2.45) is 5.92 Å². The summed E-state index contributed by atoms with van der Waals surface area (Å²) in [7, 11) is 1.46. The van der Waals surface area contributed by atoms with Gasteiger partial charge in [0.1, 0.15) is 5.75 Å². The number of esters is 1. The fourth-order valence-electron chi connectivity index (χ4n) is 4.56. The molecule has 0 amide bonds. The Morgan fingerprint density at radius 1 is 1.25 bits per heavy atom. The van der Waals surface area contributed by atoms with Gasteiger partial charge in [-0.2, -0.15) is 0 Å². The number of hydrogen-bond acceptors (Lipinski definition) is 5. The predicted molar refractivity (Wildman–Crippen MR) is 89.9 cm³/mol. The molecular formula is C18H21BrO5. The minimum atomic E-state index is -0.693. The molecule has 130 valence electrons. The van der Waals surface area contributed by atoms with Crippen LogP contribution in [-0.2, 0) is 24.4 Å². The number of hydrogen-bond donors (Lipinski definition) is 0. The van der Waals surface area contributed by atoms with E-state index in [1.54, 1.807) is 0 Å². The molecule has 1 aromatic rings. The topological polar surface area (TPSA) is 54.0 Å². The highest BCUT2D eigenvalue weighted by Crippen LogP contribution is 2.55. The van der Waals surface area contributed by atoms with Gasteiger partial charge in [0.05, 0.1) is 32.3 Å². The molecule has 0 N–H and O–H groups in total. The number of carbonyl (C=O) groups is 1. The number of ether oxygens (including phenoxy) is 4. The molecule has 2 atom stereocenters. The van der Waals surface area contributed by atoms with Crippen molar-refractivity contribution in [1.82, 2.24) is 0 Å². The standard InChI is InChI=1S/C18H21BrO5/c1-21-16(20)18-6-5-17(23-8-9-24-17)11-12(18)4-7-22-15-10-13(19)2-3-14(15)18/h2-3,10,12H,4-9,11H2,1H3/t12-,18-/m1/s1. The van der Waals surface area contributed by atoms with E-state index in [1.807, 2.05) is 18.2 Å². The van der Waals surface area contributed by atoms with Crippen molar-refractivity contribution in [2.45, 2.75) is 36.9 Å². The van der Waals surface area contributed by atoms with E-state index < -0.39 is 11.2 Å². The van der Waals surface area contributed by atoms with Gasteiger partial charge in [0.15, 0.2) is 5.79 Å². The lowest BCUT2D eigenvalue weighted by Gasteiger charge is -2.47. The largest absolute Gasteiger partial charge is 0.493 e. The molecule has 1 spiro atoms. The van der Waals surface area contributed by atoms with Crippen molar-refractivity contribution in [3.8, 4) is 5.75 Å². The molecule has 6 heteroatoms. The zero-order valence-corrected chi connectivity index (χ0v) is 15.3. The minimum Gasteiger partial charge on any atom is -0.493 e. The molecule has 3 aliphatic rings. The van der Waals surface area contributed by atoms with Crippen LogP contribution in [0.5, 0.6) is 5.75 Å². The Bertz CT molecular complexity index is 655. The van der Waals surface area contributed by atoms with E-state index in [9.17, 15) is 4.79 Å². The fraction of sp³-hybridized carbons (Fsp3) is 0.611. The number of carbonyl (C=O) groups excluding carboxylic acids is 1. The van der Waals surface area contributed by atoms with Crippen molar-refractivity contribution in [3.63, 3.8) is 0 Å². The molecular weight excluding hydrogens is 376 g/mol. The van der Waals surface area contributed by atoms with Crippen LogP contribution in [0.15, 0.2) is 22.7 Å². The van der Waals surface area contributed by atoms with Gasteiger partial charge in [-0.05, 0) is 30.9 Å². The van der Waals surface area contributed by atoms with Gasteiger partial charge in [-0.25, -0.2) is 0 Å². The molecule has 5 nitrogen and oxygen atoms in total. The summed E-state index contributed by atoms with van der Waals surface area (Å²) in [6.45, 7) is 1.82. The Labute approximate surface area is 149 Å². The number of fused-ring (bicyclic) bond motifs is 3. The van der Waals surface area contributed by atoms with Crippen LogP contribution in [0.4, 0.5) is 0 Å². The van der Waals surface area contributed by atoms with Crippen molar-refractivity contribution in [1.29, 1.82) is 0 Å². The van der Waals surface area contributed by atoms with Crippen LogP contribution in [0.2, 0.25) is 0 Å². The smallest absolute Gasteiger partial charge is 0.316 e. The molecule has 0 bridgehead atoms. The number of rotatable bonds is 1. The summed E-state index contributed by atoms with van der Waals surface area (Å²) in [5, 5.41) is 0. The average Bonchev–Trinajstić information content (AvgIpc) is 2.97. The maximum atomic E-state index is 13.0. The van der Waals surface area contributed by atoms with Gasteiger partial charge in [0, 0.05) is 22.9 Å². The van der Waals surface area contributed by atoms with Gasteiger partial charge in [-0.3, -0.25) is 4.79 Å². The molecule has 0 unspecified atom stereocenters. The van der Waals surface area contributed by atoms with Crippen molar-refractivity contribution in [2.75, 3.05) is 26.9 Å². The zero-order chi connectivity index (χ0) is 16.8. The summed E-state index contributed by atoms with van der Waals surface area (Å²) in [6, 6.07) is 5.89. The maximum absolute atomic E-state index is 13.0. The van der Waals surface area contributed by atoms with E-state index in [2.05, 4.69) is 15.9 Å². The van der Waals surface area contributed by atoms with Crippen LogP contribution >= 0.6 is 15.9 Å². The summed E-state index contributed by atoms with van der Waals surface area (Å²) in [5.74, 6) is 0.109. The Balaban J connectivity index is 1.82. The van der Waals surface area contributed by atoms with E-state index in [1.165, 1.54) is 7.11 Å². The molecule has 0 radical (unpaired) electrons. The van der Waals surface area contributed by atoms with Gasteiger partial charge < -0.3 is 18.9 Å². The third-order valence-corrected chi connectivity index (χ3v) is 6.16. The van der Waals surface area contributed by atoms with Crippen LogP contribution in [0, 0.1) is 5.92 Å². The SMILES string of the molecule is COC(=O)[C@]12CCC3(C[C@H]1CCOc1cc(Br)ccc12)OCCO3. The Hall–Kier alpha value is -1.11. The van der Waals surface area contributed by atoms with Crippen LogP contribution in [-0.4, -0.2) is 38.7 Å². The van der Waals surface area contributed by atoms with Crippen molar-refractivity contribution < 1.29 is 23.7 Å². The van der Waals surface area contributed by atoms with E-state index in [0.717, 1.165) is 22.2 Å². The molecule has 4 rings (SSSR count). The quantitative estimate of drug-likeness (QED) is 0.682. The third kappa shape index (κ3) is 2.38. The summed E-state index contributed by atoms with van der Waals surface area (Å²) < 4.78 is 24.0. The predicted octanol–water partition coefficient (Wildman–Crippen LogP) is 3.19. The first-order chi connectivity index (χ1) is 11.6. The average molecular weight is 397 g/mol. The van der Waals surface area contributed by atoms with Gasteiger partial charge in [0.25, 0.3) is 0 Å². The normalized spacial score (nSPS) is 30.8. The molecule has 1 aromatic carbocycles. The van der Waals surface area contributed by atoms with E-state index in [0.29, 0.717) is 39.1 Å². The molecule has 0 aromatic heterocycles. The molecule has 1 saturated heterocycles. The second-order valence-corrected chi connectivity index (χ2v) is 7.66. The van der Waals surface area contributed by atoms with Gasteiger partial charge >= 0.3 is 5.97 Å². The lowest BCUT2D eigenvalue weighted by molar-refractivity contribution is -0.204. The molecule has 24 heavy (non-hydrogen) atoms. The first-order valence-corrected chi connectivity index (χ1v) is 9.18. The zero-order valence-electron chi connectivity index (χ0n) is 13.7. The van der Waals surface area contributed by atoms with E-state index in [-0.39, 0.29) is 11.9 Å². The first-order valence-electron chi connectivity index (χ1n) is 8.39. The summed E-state index contributed by atoms with van der Waals surface area (Å²) >= 11 is 3.49. The number of methoxy groups -OCH3 is 1. The van der Waals surface area contributed by atoms with Crippen LogP contribution in [0.1, 0.15) is 31.2 Å². The van der Waals surface area contributed by atoms with Crippen LogP contribution in [0.25, 0.3) is 0 Å². The highest BCUT2D eigenvalue weighted by Gasteiger charge is 2.58. The number of halogens is 1. The molecule has 2 fully saturated rings. The highest BCUT2D eigenvalue weighted by atomic mass is 79.9. The van der Waals surface area contributed by atoms with Gasteiger partial charge in [-0.15, -0.1) is 0 Å². The Morgan fingerprint density at radius 3 is 2.79 bits per heavy atom. The first kappa shape index (κ1) is 16.4. The minimum absolute atomic E-state index is 0.0687. The monoisotopic (exact) mass is 396 g/mol. The molecule has 2 aliphatic heterocycles. The van der Waals surface area contributed by atoms with Crippen LogP contribution in [0.3, 0.4) is 0 Å². The second kappa shape index (κ2) is 6.00. The molecule has 2 heterocycles. The van der Waals surface area contributed by atoms with Crippen molar-refractivity contribution in [3.05, 3.63) is 28.2 Å². The number of benzene rings is 1. The summed E-state index contributed by atoms with van der Waals surface area (Å²) in [6.07, 6.45) is 2.80. The van der Waals surface area contributed by atoms with E-state index in [4.69, 9.17) is 18.9 Å². The fourth-order valence-corrected chi connectivity index (χ4v) is 4.90. The van der Waals surface area contributed by atoms with Gasteiger partial charge in [0.2, 0.25) is 0 Å². The highest BCUT2D eigenvalue weighted by molar-refractivity contribution is 9.10. The maximum Gasteiger partial charge on any atom is 0.316 e. The lowest BCUT2D eigenvalue weighted by atomic mass is 9.60. The lowest BCUT2D eigenvalue weighted by Crippen LogP contribution is -2.52. The van der Waals surface area contributed by atoms with Gasteiger partial charge in [-0.1, -0.05) is 22.0 Å². The summed E-state index contributed by atoms with van der Waals surface area (Å²) in [5.41, 5.74) is 0.231. The second-order valence-electron chi connectivity index (χ2n) is 6.75. The van der Waals surface area contributed by atoms with Crippen LogP contribution < -0.4 is 4.74 Å². The Morgan fingerprint density at radius 2 is 2.04 bits per heavy atom. The molecule has 1 aliphatic carbocycles. The summed E-state index contributed by atoms with van der Waals surface area (Å²) in [4.78, 5) is 13.0. The van der Waals surface area contributed by atoms with Crippen molar-refractivity contribution >= 4 is 21.9 Å². The third-order valence-electron chi connectivity index (χ3n) is 5.67. The van der Waals surface area contributed by atoms with E-state index >= 15 is 0 Å². The molecule has 1 saturated carbocycles.